The van der Waals surface area contributed by atoms with Crippen LogP contribution in [0.5, 0.6) is 0 Å². The van der Waals surface area contributed by atoms with Crippen molar-refractivity contribution in [3.8, 4) is 0 Å². The second kappa shape index (κ2) is 8.73. The molecule has 1 fully saturated rings. The molecule has 162 valence electrons. The number of amides is 2. The van der Waals surface area contributed by atoms with E-state index in [1.165, 1.54) is 28.4 Å². The summed E-state index contributed by atoms with van der Waals surface area (Å²) in [7, 11) is 0. The number of hydrogen-bond acceptors (Lipinski definition) is 8. The number of benzene rings is 1. The standard InChI is InChI=1S/C19H20N6O4S2/c1-9-21-19(24-23-9)31-8-11-7-30-17-13(16(27)25(17)14(11)18(28)29)22-15(26)12(20)10-5-3-2-4-6-10/h2-6,12-13,17H,7-8,20H2,1H3,(H,22,26)(H,28,29)(H,21,23,24)/t12?,13?,17-/m1/s1. The number of thioether (sulfide) groups is 2. The van der Waals surface area contributed by atoms with Crippen molar-refractivity contribution in [2.45, 2.75) is 29.5 Å². The average Bonchev–Trinajstić information content (AvgIpc) is 3.20. The van der Waals surface area contributed by atoms with Crippen molar-refractivity contribution in [3.63, 3.8) is 0 Å². The van der Waals surface area contributed by atoms with Crippen molar-refractivity contribution in [1.82, 2.24) is 25.4 Å². The molecule has 5 N–H and O–H groups in total. The smallest absolute Gasteiger partial charge is 0.352 e. The highest BCUT2D eigenvalue weighted by Gasteiger charge is 2.54. The van der Waals surface area contributed by atoms with Crippen LogP contribution in [0.3, 0.4) is 0 Å². The molecule has 0 radical (unpaired) electrons. The topological polar surface area (TPSA) is 154 Å². The molecule has 10 nitrogen and oxygen atoms in total. The zero-order valence-electron chi connectivity index (χ0n) is 16.4. The molecule has 0 bridgehead atoms. The van der Waals surface area contributed by atoms with E-state index in [4.69, 9.17) is 5.73 Å². The lowest BCUT2D eigenvalue weighted by atomic mass is 10.0. The minimum atomic E-state index is -1.17. The third-order valence-electron chi connectivity index (χ3n) is 4.94. The summed E-state index contributed by atoms with van der Waals surface area (Å²) in [5.41, 5.74) is 7.22. The van der Waals surface area contributed by atoms with Crippen molar-refractivity contribution < 1.29 is 19.5 Å². The Kier molecular flexibility index (Phi) is 6.03. The molecule has 0 saturated carbocycles. The Morgan fingerprint density at radius 3 is 2.81 bits per heavy atom. The molecule has 0 spiro atoms. The third-order valence-corrected chi connectivity index (χ3v) is 7.21. The lowest BCUT2D eigenvalue weighted by Crippen LogP contribution is -2.71. The Balaban J connectivity index is 1.45. The van der Waals surface area contributed by atoms with Crippen molar-refractivity contribution in [3.05, 3.63) is 53.0 Å². The highest BCUT2D eigenvalue weighted by molar-refractivity contribution is 8.01. The summed E-state index contributed by atoms with van der Waals surface area (Å²) in [5, 5.41) is 19.2. The van der Waals surface area contributed by atoms with Crippen molar-refractivity contribution in [2.75, 3.05) is 11.5 Å². The van der Waals surface area contributed by atoms with Crippen LogP contribution in [0.2, 0.25) is 0 Å². The molecule has 2 aliphatic heterocycles. The molecule has 1 aromatic carbocycles. The van der Waals surface area contributed by atoms with Gasteiger partial charge in [0.15, 0.2) is 0 Å². The van der Waals surface area contributed by atoms with Crippen LogP contribution in [0, 0.1) is 6.92 Å². The number of hydrogen-bond donors (Lipinski definition) is 4. The Bertz CT molecular complexity index is 1060. The number of aliphatic carboxylic acids is 1. The van der Waals surface area contributed by atoms with Gasteiger partial charge in [0.1, 0.15) is 29.0 Å². The Morgan fingerprint density at radius 1 is 1.42 bits per heavy atom. The van der Waals surface area contributed by atoms with E-state index in [9.17, 15) is 19.5 Å². The number of nitrogens with two attached hydrogens (primary N) is 1. The van der Waals surface area contributed by atoms with E-state index in [2.05, 4.69) is 20.5 Å². The maximum absolute atomic E-state index is 12.8. The van der Waals surface area contributed by atoms with Gasteiger partial charge >= 0.3 is 5.97 Å². The van der Waals surface area contributed by atoms with E-state index in [-0.39, 0.29) is 5.70 Å². The van der Waals surface area contributed by atoms with E-state index in [0.29, 0.717) is 33.6 Å². The van der Waals surface area contributed by atoms with Gasteiger partial charge < -0.3 is 16.2 Å². The second-order valence-corrected chi connectivity index (χ2v) is 9.08. The van der Waals surface area contributed by atoms with Crippen LogP contribution in [0.15, 0.2) is 46.8 Å². The summed E-state index contributed by atoms with van der Waals surface area (Å²) >= 11 is 2.71. The van der Waals surface area contributed by atoms with Crippen LogP contribution in [0.1, 0.15) is 17.4 Å². The highest BCUT2D eigenvalue weighted by Crippen LogP contribution is 2.41. The van der Waals surface area contributed by atoms with Gasteiger partial charge in [0, 0.05) is 11.5 Å². The number of aryl methyl sites for hydroxylation is 1. The molecular weight excluding hydrogens is 440 g/mol. The number of aromatic nitrogens is 3. The molecule has 1 aromatic heterocycles. The van der Waals surface area contributed by atoms with Gasteiger partial charge in [-0.3, -0.25) is 19.6 Å². The predicted molar refractivity (Wildman–Crippen MR) is 115 cm³/mol. The lowest BCUT2D eigenvalue weighted by molar-refractivity contribution is -0.150. The normalized spacial score (nSPS) is 21.4. The first-order chi connectivity index (χ1) is 14.9. The highest BCUT2D eigenvalue weighted by atomic mass is 32.2. The first kappa shape index (κ1) is 21.4. The number of carbonyl (C=O) groups excluding carboxylic acids is 2. The summed E-state index contributed by atoms with van der Waals surface area (Å²) in [5.74, 6) is -0.682. The van der Waals surface area contributed by atoms with Gasteiger partial charge in [0.25, 0.3) is 5.91 Å². The fourth-order valence-corrected chi connectivity index (χ4v) is 5.72. The monoisotopic (exact) mass is 460 g/mol. The predicted octanol–water partition coefficient (Wildman–Crippen LogP) is 0.644. The summed E-state index contributed by atoms with van der Waals surface area (Å²) in [6, 6.07) is 7.12. The Labute approximate surface area is 186 Å². The number of carboxylic acid groups (broad SMARTS) is 1. The van der Waals surface area contributed by atoms with Gasteiger partial charge in [-0.2, -0.15) is 0 Å². The number of carbonyl (C=O) groups is 3. The van der Waals surface area contributed by atoms with E-state index in [1.807, 2.05) is 6.07 Å². The van der Waals surface area contributed by atoms with E-state index in [0.717, 1.165) is 0 Å². The maximum Gasteiger partial charge on any atom is 0.352 e. The van der Waals surface area contributed by atoms with Crippen molar-refractivity contribution >= 4 is 41.3 Å². The van der Waals surface area contributed by atoms with Gasteiger partial charge in [-0.1, -0.05) is 42.1 Å². The van der Waals surface area contributed by atoms with Crippen molar-refractivity contribution in [1.29, 1.82) is 0 Å². The summed E-state index contributed by atoms with van der Waals surface area (Å²) in [6.45, 7) is 1.77. The molecule has 2 unspecified atom stereocenters. The fraction of sp³-hybridized carbons (Fsp3) is 0.316. The molecule has 31 heavy (non-hydrogen) atoms. The van der Waals surface area contributed by atoms with Crippen LogP contribution >= 0.6 is 23.5 Å². The average molecular weight is 461 g/mol. The summed E-state index contributed by atoms with van der Waals surface area (Å²) in [6.07, 6.45) is 0. The largest absolute Gasteiger partial charge is 0.477 e. The van der Waals surface area contributed by atoms with E-state index >= 15 is 0 Å². The summed E-state index contributed by atoms with van der Waals surface area (Å²) < 4.78 is 0. The molecule has 2 amide bonds. The van der Waals surface area contributed by atoms with Crippen LogP contribution < -0.4 is 11.1 Å². The van der Waals surface area contributed by atoms with Crippen molar-refractivity contribution in [2.24, 2.45) is 5.73 Å². The van der Waals surface area contributed by atoms with Gasteiger partial charge in [-0.25, -0.2) is 9.78 Å². The van der Waals surface area contributed by atoms with Crippen LogP contribution in [-0.2, 0) is 14.4 Å². The Morgan fingerprint density at radius 2 is 2.16 bits per heavy atom. The van der Waals surface area contributed by atoms with E-state index in [1.54, 1.807) is 31.2 Å². The Hall–Kier alpha value is -2.83. The number of aromatic amines is 1. The minimum absolute atomic E-state index is 0.0358. The molecule has 12 heteroatoms. The van der Waals surface area contributed by atoms with Gasteiger partial charge in [-0.15, -0.1) is 16.9 Å². The molecular formula is C19H20N6O4S2. The quantitative estimate of drug-likeness (QED) is 0.344. The van der Waals surface area contributed by atoms with E-state index < -0.39 is 35.2 Å². The first-order valence-corrected chi connectivity index (χ1v) is 11.4. The first-order valence-electron chi connectivity index (χ1n) is 9.39. The number of fused-ring (bicyclic) bond motifs is 1. The van der Waals surface area contributed by atoms with Crippen LogP contribution in [0.4, 0.5) is 0 Å². The number of H-pyrrole nitrogens is 1. The molecule has 1 saturated heterocycles. The third kappa shape index (κ3) is 4.18. The number of rotatable bonds is 7. The number of nitrogens with zero attached hydrogens (tertiary/aromatic N) is 3. The SMILES string of the molecule is Cc1nc(SCC2=C(C(=O)O)N3C(=O)C(NC(=O)C(N)c4ccccc4)[C@H]3SC2)n[nH]1. The van der Waals surface area contributed by atoms with Gasteiger partial charge in [-0.05, 0) is 18.1 Å². The maximum atomic E-state index is 12.8. The number of β-lactam (4-membered cyclic amide) rings is 1. The van der Waals surface area contributed by atoms with Gasteiger partial charge in [0.05, 0.1) is 0 Å². The zero-order valence-corrected chi connectivity index (χ0v) is 18.1. The molecule has 3 atom stereocenters. The molecule has 2 aliphatic rings. The summed E-state index contributed by atoms with van der Waals surface area (Å²) in [4.78, 5) is 42.7. The molecule has 2 aromatic rings. The number of nitrogens with one attached hydrogen (secondary N) is 2. The van der Waals surface area contributed by atoms with Crippen LogP contribution in [0.25, 0.3) is 0 Å². The second-order valence-electron chi connectivity index (χ2n) is 7.03. The molecule has 4 rings (SSSR count). The fourth-order valence-electron chi connectivity index (χ4n) is 3.39. The lowest BCUT2D eigenvalue weighted by Gasteiger charge is -2.49. The molecule has 0 aliphatic carbocycles. The van der Waals surface area contributed by atoms with Crippen LogP contribution in [-0.4, -0.2) is 65.9 Å². The molecule has 3 heterocycles. The zero-order chi connectivity index (χ0) is 22.1. The number of carboxylic acids is 1. The minimum Gasteiger partial charge on any atom is -0.477 e. The van der Waals surface area contributed by atoms with Gasteiger partial charge in [0.2, 0.25) is 11.1 Å².